The number of piperidine rings is 1. The van der Waals surface area contributed by atoms with E-state index in [9.17, 15) is 9.59 Å². The maximum Gasteiger partial charge on any atom is 0.335 e. The number of carbonyl (C=O) groups excluding carboxylic acids is 1. The number of rotatable bonds is 4. The molecule has 1 fully saturated rings. The Morgan fingerprint density at radius 1 is 1.19 bits per heavy atom. The number of aryl methyl sites for hydroxylation is 1. The molecule has 0 radical (unpaired) electrons. The van der Waals surface area contributed by atoms with Crippen molar-refractivity contribution >= 4 is 11.9 Å². The first-order chi connectivity index (χ1) is 12.4. The molecular weight excluding hydrogens is 328 g/mol. The van der Waals surface area contributed by atoms with E-state index in [4.69, 9.17) is 5.11 Å². The number of benzene rings is 1. The first kappa shape index (κ1) is 18.2. The standard InChI is InChI=1S/C21H26N2O3/c1-4-23-14(2)12-19(15(23)3)20(24)22-11-5-6-18(13-22)16-7-9-17(10-8-16)21(25)26/h7-10,12,18H,4-6,11,13H2,1-3H3,(H,25,26). The van der Waals surface area contributed by atoms with Gasteiger partial charge >= 0.3 is 5.97 Å². The first-order valence-corrected chi connectivity index (χ1v) is 9.21. The highest BCUT2D eigenvalue weighted by Crippen LogP contribution is 2.29. The molecule has 1 aliphatic heterocycles. The van der Waals surface area contributed by atoms with Gasteiger partial charge in [0.25, 0.3) is 5.91 Å². The molecule has 3 rings (SSSR count). The maximum atomic E-state index is 13.1. The molecule has 1 unspecified atom stereocenters. The number of hydrogen-bond donors (Lipinski definition) is 1. The summed E-state index contributed by atoms with van der Waals surface area (Å²) < 4.78 is 2.17. The summed E-state index contributed by atoms with van der Waals surface area (Å²) >= 11 is 0. The van der Waals surface area contributed by atoms with Gasteiger partial charge in [0, 0.05) is 36.9 Å². The molecule has 0 aliphatic carbocycles. The van der Waals surface area contributed by atoms with Gasteiger partial charge in [-0.15, -0.1) is 0 Å². The van der Waals surface area contributed by atoms with Crippen molar-refractivity contribution in [3.05, 3.63) is 58.4 Å². The van der Waals surface area contributed by atoms with Crippen molar-refractivity contribution in [2.24, 2.45) is 0 Å². The third-order valence-corrected chi connectivity index (χ3v) is 5.46. The zero-order valence-corrected chi connectivity index (χ0v) is 15.7. The molecule has 1 aliphatic rings. The molecule has 1 saturated heterocycles. The van der Waals surface area contributed by atoms with Crippen LogP contribution in [0, 0.1) is 13.8 Å². The van der Waals surface area contributed by atoms with Gasteiger partial charge in [-0.3, -0.25) is 4.79 Å². The van der Waals surface area contributed by atoms with Crippen LogP contribution in [0.3, 0.4) is 0 Å². The van der Waals surface area contributed by atoms with E-state index < -0.39 is 5.97 Å². The molecule has 0 spiro atoms. The number of aromatic nitrogens is 1. The Morgan fingerprint density at radius 2 is 1.88 bits per heavy atom. The van der Waals surface area contributed by atoms with Gasteiger partial charge in [0.15, 0.2) is 0 Å². The summed E-state index contributed by atoms with van der Waals surface area (Å²) in [5, 5.41) is 9.04. The minimum absolute atomic E-state index is 0.102. The molecule has 138 valence electrons. The molecule has 1 atom stereocenters. The fraction of sp³-hybridized carbons (Fsp3) is 0.429. The largest absolute Gasteiger partial charge is 0.478 e. The van der Waals surface area contributed by atoms with Gasteiger partial charge in [-0.1, -0.05) is 12.1 Å². The minimum atomic E-state index is -0.914. The Balaban J connectivity index is 1.78. The van der Waals surface area contributed by atoms with Crippen LogP contribution in [0.4, 0.5) is 0 Å². The van der Waals surface area contributed by atoms with Crippen LogP contribution < -0.4 is 0 Å². The Morgan fingerprint density at radius 3 is 2.46 bits per heavy atom. The summed E-state index contributed by atoms with van der Waals surface area (Å²) in [4.78, 5) is 26.0. The average Bonchev–Trinajstić information content (AvgIpc) is 2.94. The number of carbonyl (C=O) groups is 2. The summed E-state index contributed by atoms with van der Waals surface area (Å²) in [6.07, 6.45) is 1.98. The second-order valence-electron chi connectivity index (χ2n) is 7.05. The second-order valence-corrected chi connectivity index (χ2v) is 7.05. The quantitative estimate of drug-likeness (QED) is 0.907. The molecule has 2 aromatic rings. The highest BCUT2D eigenvalue weighted by atomic mass is 16.4. The first-order valence-electron chi connectivity index (χ1n) is 9.21. The third kappa shape index (κ3) is 3.39. The molecule has 1 aromatic heterocycles. The molecule has 1 aromatic carbocycles. The van der Waals surface area contributed by atoms with E-state index in [1.807, 2.05) is 36.9 Å². The van der Waals surface area contributed by atoms with Crippen molar-refractivity contribution in [1.29, 1.82) is 0 Å². The lowest BCUT2D eigenvalue weighted by molar-refractivity contribution is 0.0693. The third-order valence-electron chi connectivity index (χ3n) is 5.46. The lowest BCUT2D eigenvalue weighted by Crippen LogP contribution is -2.39. The van der Waals surface area contributed by atoms with Crippen LogP contribution in [-0.4, -0.2) is 39.5 Å². The summed E-state index contributed by atoms with van der Waals surface area (Å²) in [5.41, 5.74) is 4.34. The number of carboxylic acids is 1. The molecule has 5 nitrogen and oxygen atoms in total. The number of nitrogens with zero attached hydrogens (tertiary/aromatic N) is 2. The van der Waals surface area contributed by atoms with Crippen LogP contribution in [0.15, 0.2) is 30.3 Å². The summed E-state index contributed by atoms with van der Waals surface area (Å²) in [6.45, 7) is 8.46. The van der Waals surface area contributed by atoms with E-state index >= 15 is 0 Å². The van der Waals surface area contributed by atoms with E-state index in [1.54, 1.807) is 12.1 Å². The fourth-order valence-corrected chi connectivity index (χ4v) is 4.01. The van der Waals surface area contributed by atoms with E-state index in [0.717, 1.165) is 48.4 Å². The molecule has 2 heterocycles. The second kappa shape index (κ2) is 7.36. The van der Waals surface area contributed by atoms with Gasteiger partial charge in [-0.05, 0) is 57.4 Å². The van der Waals surface area contributed by atoms with E-state index in [-0.39, 0.29) is 11.8 Å². The van der Waals surface area contributed by atoms with Crippen LogP contribution in [0.2, 0.25) is 0 Å². The summed E-state index contributed by atoms with van der Waals surface area (Å²) in [5.74, 6) is -0.557. The molecule has 1 N–H and O–H groups in total. The number of hydrogen-bond acceptors (Lipinski definition) is 2. The van der Waals surface area contributed by atoms with Crippen LogP contribution in [-0.2, 0) is 6.54 Å². The van der Waals surface area contributed by atoms with Gasteiger partial charge in [0.05, 0.1) is 11.1 Å². The maximum absolute atomic E-state index is 13.1. The Labute approximate surface area is 154 Å². The van der Waals surface area contributed by atoms with E-state index in [0.29, 0.717) is 12.1 Å². The van der Waals surface area contributed by atoms with Crippen molar-refractivity contribution in [2.45, 2.75) is 46.1 Å². The van der Waals surface area contributed by atoms with E-state index in [2.05, 4.69) is 11.5 Å². The van der Waals surface area contributed by atoms with Crippen LogP contribution in [0.25, 0.3) is 0 Å². The average molecular weight is 354 g/mol. The number of aromatic carboxylic acids is 1. The fourth-order valence-electron chi connectivity index (χ4n) is 4.01. The Kier molecular flexibility index (Phi) is 5.16. The van der Waals surface area contributed by atoms with Crippen LogP contribution in [0.5, 0.6) is 0 Å². The van der Waals surface area contributed by atoms with E-state index in [1.165, 1.54) is 0 Å². The molecule has 0 bridgehead atoms. The number of amides is 1. The molecule has 0 saturated carbocycles. The number of likely N-dealkylation sites (tertiary alicyclic amines) is 1. The lowest BCUT2D eigenvalue weighted by atomic mass is 9.90. The van der Waals surface area contributed by atoms with Gasteiger partial charge < -0.3 is 14.6 Å². The summed E-state index contributed by atoms with van der Waals surface area (Å²) in [6, 6.07) is 9.04. The normalized spacial score (nSPS) is 17.3. The number of carboxylic acid groups (broad SMARTS) is 1. The highest BCUT2D eigenvalue weighted by molar-refractivity contribution is 5.96. The molecular formula is C21H26N2O3. The van der Waals surface area contributed by atoms with Crippen LogP contribution >= 0.6 is 0 Å². The lowest BCUT2D eigenvalue weighted by Gasteiger charge is -2.33. The van der Waals surface area contributed by atoms with Gasteiger partial charge in [0.2, 0.25) is 0 Å². The molecule has 26 heavy (non-hydrogen) atoms. The predicted octanol–water partition coefficient (Wildman–Crippen LogP) is 3.84. The topological polar surface area (TPSA) is 62.5 Å². The van der Waals surface area contributed by atoms with Crippen molar-refractivity contribution < 1.29 is 14.7 Å². The SMILES string of the molecule is CCn1c(C)cc(C(=O)N2CCCC(c3ccc(C(=O)O)cc3)C2)c1C. The highest BCUT2D eigenvalue weighted by Gasteiger charge is 2.27. The van der Waals surface area contributed by atoms with Crippen molar-refractivity contribution in [1.82, 2.24) is 9.47 Å². The predicted molar refractivity (Wildman–Crippen MR) is 101 cm³/mol. The summed E-state index contributed by atoms with van der Waals surface area (Å²) in [7, 11) is 0. The zero-order valence-electron chi connectivity index (χ0n) is 15.7. The Hall–Kier alpha value is -2.56. The van der Waals surface area contributed by atoms with Crippen molar-refractivity contribution in [2.75, 3.05) is 13.1 Å². The van der Waals surface area contributed by atoms with Gasteiger partial charge in [-0.25, -0.2) is 4.79 Å². The van der Waals surface area contributed by atoms with Crippen molar-refractivity contribution in [3.63, 3.8) is 0 Å². The van der Waals surface area contributed by atoms with Crippen LogP contribution in [0.1, 0.15) is 63.4 Å². The smallest absolute Gasteiger partial charge is 0.335 e. The monoisotopic (exact) mass is 354 g/mol. The zero-order chi connectivity index (χ0) is 18.8. The molecule has 1 amide bonds. The molecule has 5 heteroatoms. The van der Waals surface area contributed by atoms with Gasteiger partial charge in [-0.2, -0.15) is 0 Å². The van der Waals surface area contributed by atoms with Gasteiger partial charge in [0.1, 0.15) is 0 Å². The minimum Gasteiger partial charge on any atom is -0.478 e. The van der Waals surface area contributed by atoms with Crippen molar-refractivity contribution in [3.8, 4) is 0 Å². The Bertz CT molecular complexity index is 821.